The minimum atomic E-state index is -0.299. The lowest BCUT2D eigenvalue weighted by molar-refractivity contribution is -0.118. The quantitative estimate of drug-likeness (QED) is 0.143. The highest BCUT2D eigenvalue weighted by molar-refractivity contribution is 6.01. The SMILES string of the molecule is CC.CCCC(CCC)C(NNCCCCCN1CC(=O)NC1=O)c1ccc(F)c(OCC2CC2)c1. The van der Waals surface area contributed by atoms with E-state index in [2.05, 4.69) is 30.0 Å². The maximum Gasteiger partial charge on any atom is 0.324 e. The Morgan fingerprint density at radius 2 is 1.83 bits per heavy atom. The summed E-state index contributed by atoms with van der Waals surface area (Å²) in [4.78, 5) is 24.4. The molecule has 0 radical (unpaired) electrons. The summed E-state index contributed by atoms with van der Waals surface area (Å²) in [5.41, 5.74) is 7.97. The van der Waals surface area contributed by atoms with Crippen LogP contribution in [-0.4, -0.2) is 43.1 Å². The Morgan fingerprint density at radius 3 is 2.44 bits per heavy atom. The summed E-state index contributed by atoms with van der Waals surface area (Å²) < 4.78 is 20.2. The molecule has 36 heavy (non-hydrogen) atoms. The van der Waals surface area contributed by atoms with E-state index in [1.54, 1.807) is 4.90 Å². The van der Waals surface area contributed by atoms with Crippen molar-refractivity contribution < 1.29 is 18.7 Å². The van der Waals surface area contributed by atoms with Gasteiger partial charge < -0.3 is 9.64 Å². The van der Waals surface area contributed by atoms with E-state index in [0.29, 0.717) is 30.7 Å². The van der Waals surface area contributed by atoms with E-state index in [4.69, 9.17) is 4.74 Å². The highest BCUT2D eigenvalue weighted by Gasteiger charge is 2.26. The molecule has 3 rings (SSSR count). The maximum absolute atomic E-state index is 14.4. The first-order valence-electron chi connectivity index (χ1n) is 14.0. The molecule has 2 aliphatic rings. The number of hydrazine groups is 1. The van der Waals surface area contributed by atoms with Gasteiger partial charge in [0.1, 0.15) is 6.54 Å². The van der Waals surface area contributed by atoms with Crippen molar-refractivity contribution >= 4 is 11.9 Å². The van der Waals surface area contributed by atoms with Crippen molar-refractivity contribution in [1.82, 2.24) is 21.1 Å². The van der Waals surface area contributed by atoms with Gasteiger partial charge in [-0.05, 0) is 68.1 Å². The summed E-state index contributed by atoms with van der Waals surface area (Å²) in [6.07, 6.45) is 9.51. The van der Waals surface area contributed by atoms with E-state index >= 15 is 0 Å². The molecule has 1 aromatic rings. The number of amides is 3. The van der Waals surface area contributed by atoms with E-state index in [1.807, 2.05) is 26.0 Å². The zero-order valence-corrected chi connectivity index (χ0v) is 22.7. The fourth-order valence-electron chi connectivity index (χ4n) is 4.55. The summed E-state index contributed by atoms with van der Waals surface area (Å²) in [7, 11) is 0. The molecule has 1 aliphatic carbocycles. The molecule has 1 aromatic carbocycles. The Labute approximate surface area is 216 Å². The highest BCUT2D eigenvalue weighted by atomic mass is 19.1. The second-order valence-electron chi connectivity index (χ2n) is 9.67. The minimum Gasteiger partial charge on any atom is -0.490 e. The molecular formula is C28H47FN4O3. The average Bonchev–Trinajstić information content (AvgIpc) is 3.64. The number of hydrogen-bond donors (Lipinski definition) is 3. The topological polar surface area (TPSA) is 82.7 Å². The normalized spacial score (nSPS) is 16.1. The number of rotatable bonds is 17. The van der Waals surface area contributed by atoms with Crippen LogP contribution >= 0.6 is 0 Å². The van der Waals surface area contributed by atoms with Gasteiger partial charge in [0.25, 0.3) is 0 Å². The molecule has 7 nitrogen and oxygen atoms in total. The summed E-state index contributed by atoms with van der Waals surface area (Å²) in [5, 5.41) is 2.30. The van der Waals surface area contributed by atoms with E-state index in [-0.39, 0.29) is 30.3 Å². The van der Waals surface area contributed by atoms with Crippen LogP contribution in [0.5, 0.6) is 5.75 Å². The summed E-state index contributed by atoms with van der Waals surface area (Å²) in [6.45, 7) is 10.6. The fourth-order valence-corrected chi connectivity index (χ4v) is 4.55. The van der Waals surface area contributed by atoms with Gasteiger partial charge in [0, 0.05) is 19.1 Å². The van der Waals surface area contributed by atoms with Crippen LogP contribution in [0.3, 0.4) is 0 Å². The lowest BCUT2D eigenvalue weighted by atomic mass is 9.86. The summed E-state index contributed by atoms with van der Waals surface area (Å²) in [5.74, 6) is 0.847. The van der Waals surface area contributed by atoms with Crippen molar-refractivity contribution in [2.75, 3.05) is 26.2 Å². The van der Waals surface area contributed by atoms with Crippen molar-refractivity contribution in [2.45, 2.75) is 91.5 Å². The first-order valence-corrected chi connectivity index (χ1v) is 14.0. The number of unbranched alkanes of at least 4 members (excludes halogenated alkanes) is 2. The van der Waals surface area contributed by atoms with Crippen LogP contribution in [0.25, 0.3) is 0 Å². The second kappa shape index (κ2) is 16.5. The summed E-state index contributed by atoms with van der Waals surface area (Å²) >= 11 is 0. The second-order valence-corrected chi connectivity index (χ2v) is 9.67. The molecule has 1 unspecified atom stereocenters. The van der Waals surface area contributed by atoms with Gasteiger partial charge >= 0.3 is 6.03 Å². The van der Waals surface area contributed by atoms with Crippen LogP contribution in [0, 0.1) is 17.7 Å². The Hall–Kier alpha value is -2.19. The van der Waals surface area contributed by atoms with Gasteiger partial charge in [0.2, 0.25) is 5.91 Å². The van der Waals surface area contributed by atoms with Crippen molar-refractivity contribution in [3.63, 3.8) is 0 Å². The third-order valence-corrected chi connectivity index (χ3v) is 6.63. The first kappa shape index (κ1) is 30.0. The number of carbonyl (C=O) groups excluding carboxylic acids is 2. The van der Waals surface area contributed by atoms with Gasteiger partial charge in [-0.3, -0.25) is 21.0 Å². The summed E-state index contributed by atoms with van der Waals surface area (Å²) in [6, 6.07) is 5.06. The van der Waals surface area contributed by atoms with Crippen LogP contribution < -0.4 is 20.9 Å². The highest BCUT2D eigenvalue weighted by Crippen LogP contribution is 2.34. The molecule has 1 saturated heterocycles. The van der Waals surface area contributed by atoms with Crippen LogP contribution in [0.4, 0.5) is 9.18 Å². The number of carbonyl (C=O) groups is 2. The van der Waals surface area contributed by atoms with E-state index in [9.17, 15) is 14.0 Å². The Morgan fingerprint density at radius 1 is 1.11 bits per heavy atom. The number of nitrogens with zero attached hydrogens (tertiary/aromatic N) is 1. The molecular weight excluding hydrogens is 459 g/mol. The van der Waals surface area contributed by atoms with Crippen LogP contribution in [-0.2, 0) is 4.79 Å². The number of imide groups is 1. The largest absolute Gasteiger partial charge is 0.490 e. The van der Waals surface area contributed by atoms with Crippen molar-refractivity contribution in [3.8, 4) is 5.75 Å². The zero-order chi connectivity index (χ0) is 26.3. The van der Waals surface area contributed by atoms with Gasteiger partial charge in [-0.1, -0.05) is 53.0 Å². The molecule has 2 fully saturated rings. The van der Waals surface area contributed by atoms with Crippen molar-refractivity contribution in [1.29, 1.82) is 0 Å². The zero-order valence-electron chi connectivity index (χ0n) is 22.7. The lowest BCUT2D eigenvalue weighted by Crippen LogP contribution is -2.39. The molecule has 3 amide bonds. The fraction of sp³-hybridized carbons (Fsp3) is 0.714. The molecule has 1 heterocycles. The Balaban J connectivity index is 0.00000222. The van der Waals surface area contributed by atoms with Gasteiger partial charge in [-0.15, -0.1) is 0 Å². The van der Waals surface area contributed by atoms with Gasteiger partial charge in [0.05, 0.1) is 6.61 Å². The van der Waals surface area contributed by atoms with Crippen LogP contribution in [0.1, 0.15) is 97.1 Å². The number of halogens is 1. The van der Waals surface area contributed by atoms with Gasteiger partial charge in [-0.2, -0.15) is 0 Å². The van der Waals surface area contributed by atoms with Crippen molar-refractivity contribution in [2.24, 2.45) is 11.8 Å². The Kier molecular flexibility index (Phi) is 13.8. The van der Waals surface area contributed by atoms with Crippen molar-refractivity contribution in [3.05, 3.63) is 29.6 Å². The molecule has 8 heteroatoms. The maximum atomic E-state index is 14.4. The minimum absolute atomic E-state index is 0.0723. The number of urea groups is 1. The molecule has 1 saturated carbocycles. The smallest absolute Gasteiger partial charge is 0.324 e. The third kappa shape index (κ3) is 10.1. The number of ether oxygens (including phenoxy) is 1. The van der Waals surface area contributed by atoms with Crippen LogP contribution in [0.15, 0.2) is 18.2 Å². The molecule has 0 aromatic heterocycles. The van der Waals surface area contributed by atoms with Gasteiger partial charge in [-0.25, -0.2) is 9.18 Å². The predicted molar refractivity (Wildman–Crippen MR) is 142 cm³/mol. The van der Waals surface area contributed by atoms with E-state index in [0.717, 1.165) is 57.1 Å². The first-order chi connectivity index (χ1) is 17.5. The standard InChI is InChI=1S/C26H41FN4O3.C2H6/c1-3-8-20(9-4-2)25(21-12-13-22(27)23(16-21)34-18-19-10-11-19)30-28-14-6-5-7-15-31-17-24(32)29-26(31)33;1-2/h12-13,16,19-20,25,28,30H,3-11,14-15,17-18H2,1-2H3,(H,29,32,33);1-2H3. The number of benzene rings is 1. The molecule has 0 spiro atoms. The molecule has 0 bridgehead atoms. The Bertz CT molecular complexity index is 797. The number of nitrogens with one attached hydrogen (secondary N) is 3. The monoisotopic (exact) mass is 506 g/mol. The molecule has 204 valence electrons. The van der Waals surface area contributed by atoms with Gasteiger partial charge in [0.15, 0.2) is 11.6 Å². The van der Waals surface area contributed by atoms with E-state index in [1.165, 1.54) is 18.9 Å². The third-order valence-electron chi connectivity index (χ3n) is 6.63. The average molecular weight is 507 g/mol. The number of hydrogen-bond acceptors (Lipinski definition) is 5. The molecule has 1 aliphatic heterocycles. The molecule has 1 atom stereocenters. The lowest BCUT2D eigenvalue weighted by Gasteiger charge is -2.29. The predicted octanol–water partition coefficient (Wildman–Crippen LogP) is 5.71. The van der Waals surface area contributed by atoms with E-state index < -0.39 is 0 Å². The van der Waals surface area contributed by atoms with Crippen LogP contribution in [0.2, 0.25) is 0 Å². The molecule has 3 N–H and O–H groups in total.